The van der Waals surface area contributed by atoms with Crippen molar-refractivity contribution in [3.63, 3.8) is 0 Å². The summed E-state index contributed by atoms with van der Waals surface area (Å²) in [5.41, 5.74) is 2.92. The van der Waals surface area contributed by atoms with Crippen molar-refractivity contribution in [1.29, 1.82) is 0 Å². The first-order valence-corrected chi connectivity index (χ1v) is 9.53. The fraction of sp³-hybridized carbons (Fsp3) is 0.211. The summed E-state index contributed by atoms with van der Waals surface area (Å²) in [6.45, 7) is 3.88. The summed E-state index contributed by atoms with van der Waals surface area (Å²) in [5.74, 6) is 0. The molecule has 3 aromatic rings. The normalized spacial score (nSPS) is 11.8. The number of aryl methyl sites for hydroxylation is 2. The van der Waals surface area contributed by atoms with E-state index in [0.29, 0.717) is 17.5 Å². The van der Waals surface area contributed by atoms with Crippen molar-refractivity contribution < 1.29 is 8.42 Å². The molecule has 6 heteroatoms. The van der Waals surface area contributed by atoms with E-state index < -0.39 is 10.0 Å². The summed E-state index contributed by atoms with van der Waals surface area (Å²) in [6.07, 6.45) is 0.324. The molecule has 0 saturated heterocycles. The number of hydrogen-bond donors (Lipinski definition) is 2. The maximum absolute atomic E-state index is 12.4. The second kappa shape index (κ2) is 6.82. The van der Waals surface area contributed by atoms with Crippen LogP contribution in [0.1, 0.15) is 16.7 Å². The Morgan fingerprint density at radius 3 is 2.56 bits per heavy atom. The highest BCUT2D eigenvalue weighted by Crippen LogP contribution is 2.15. The summed E-state index contributed by atoms with van der Waals surface area (Å²) < 4.78 is 27.3. The number of benzene rings is 2. The van der Waals surface area contributed by atoms with Crippen molar-refractivity contribution in [2.75, 3.05) is 6.54 Å². The lowest BCUT2D eigenvalue weighted by Gasteiger charge is -2.09. The number of aromatic nitrogens is 1. The molecule has 0 atom stereocenters. The standard InChI is InChI=1S/C19H20N2O3S/c1-13-7-8-15-12-16(19(22)21-17(15)11-13)9-10-20-25(23,24)18-6-4-3-5-14(18)2/h3-8,11-12,20H,9-10H2,1-2H3,(H,21,22). The van der Waals surface area contributed by atoms with Gasteiger partial charge < -0.3 is 4.98 Å². The van der Waals surface area contributed by atoms with E-state index in [4.69, 9.17) is 0 Å². The Morgan fingerprint density at radius 2 is 1.80 bits per heavy atom. The molecule has 25 heavy (non-hydrogen) atoms. The number of fused-ring (bicyclic) bond motifs is 1. The van der Waals surface area contributed by atoms with Crippen LogP contribution in [0.5, 0.6) is 0 Å². The number of nitrogens with one attached hydrogen (secondary N) is 2. The molecule has 0 amide bonds. The lowest BCUT2D eigenvalue weighted by Crippen LogP contribution is -2.28. The highest BCUT2D eigenvalue weighted by atomic mass is 32.2. The van der Waals surface area contributed by atoms with E-state index in [2.05, 4.69) is 9.71 Å². The maximum Gasteiger partial charge on any atom is 0.251 e. The molecular weight excluding hydrogens is 336 g/mol. The third-order valence-electron chi connectivity index (χ3n) is 4.15. The molecule has 1 heterocycles. The first-order valence-electron chi connectivity index (χ1n) is 8.05. The lowest BCUT2D eigenvalue weighted by molar-refractivity contribution is 0.581. The molecule has 1 aromatic heterocycles. The number of H-pyrrole nitrogens is 1. The van der Waals surface area contributed by atoms with Gasteiger partial charge in [-0.3, -0.25) is 4.79 Å². The Hall–Kier alpha value is -2.44. The van der Waals surface area contributed by atoms with Crippen molar-refractivity contribution in [1.82, 2.24) is 9.71 Å². The number of rotatable bonds is 5. The largest absolute Gasteiger partial charge is 0.322 e. The summed E-state index contributed by atoms with van der Waals surface area (Å²) in [5, 5.41) is 0.932. The summed E-state index contributed by atoms with van der Waals surface area (Å²) in [6, 6.07) is 14.5. The van der Waals surface area contributed by atoms with E-state index in [1.807, 2.05) is 31.2 Å². The smallest absolute Gasteiger partial charge is 0.251 e. The fourth-order valence-corrected chi connectivity index (χ4v) is 4.08. The van der Waals surface area contributed by atoms with E-state index in [0.717, 1.165) is 16.5 Å². The molecule has 0 aliphatic carbocycles. The number of pyridine rings is 1. The zero-order valence-corrected chi connectivity index (χ0v) is 15.0. The first-order chi connectivity index (χ1) is 11.9. The van der Waals surface area contributed by atoms with Crippen LogP contribution < -0.4 is 10.3 Å². The van der Waals surface area contributed by atoms with Gasteiger partial charge >= 0.3 is 0 Å². The molecule has 0 bridgehead atoms. The number of hydrogen-bond acceptors (Lipinski definition) is 3. The molecule has 0 aliphatic heterocycles. The summed E-state index contributed by atoms with van der Waals surface area (Å²) in [7, 11) is -3.58. The van der Waals surface area contributed by atoms with Gasteiger partial charge in [0.15, 0.2) is 0 Å². The minimum Gasteiger partial charge on any atom is -0.322 e. The van der Waals surface area contributed by atoms with Crippen LogP contribution >= 0.6 is 0 Å². The van der Waals surface area contributed by atoms with Crippen LogP contribution in [0.15, 0.2) is 58.2 Å². The predicted molar refractivity (Wildman–Crippen MR) is 99.4 cm³/mol. The van der Waals surface area contributed by atoms with Gasteiger partial charge in [0, 0.05) is 17.6 Å². The van der Waals surface area contributed by atoms with Crippen LogP contribution in [-0.4, -0.2) is 19.9 Å². The van der Waals surface area contributed by atoms with Gasteiger partial charge in [-0.1, -0.05) is 30.3 Å². The minimum absolute atomic E-state index is 0.164. The monoisotopic (exact) mass is 356 g/mol. The van der Waals surface area contributed by atoms with Crippen LogP contribution in [-0.2, 0) is 16.4 Å². The van der Waals surface area contributed by atoms with Crippen LogP contribution in [0.25, 0.3) is 10.9 Å². The van der Waals surface area contributed by atoms with Crippen LogP contribution in [0.2, 0.25) is 0 Å². The Morgan fingerprint density at radius 1 is 1.04 bits per heavy atom. The van der Waals surface area contributed by atoms with Crippen LogP contribution in [0.3, 0.4) is 0 Å². The van der Waals surface area contributed by atoms with E-state index in [-0.39, 0.29) is 17.0 Å². The highest BCUT2D eigenvalue weighted by Gasteiger charge is 2.15. The topological polar surface area (TPSA) is 79.0 Å². The Balaban J connectivity index is 1.77. The second-order valence-electron chi connectivity index (χ2n) is 6.13. The molecule has 0 spiro atoms. The van der Waals surface area contributed by atoms with Crippen LogP contribution in [0, 0.1) is 13.8 Å². The van der Waals surface area contributed by atoms with Crippen molar-refractivity contribution in [2.45, 2.75) is 25.2 Å². The molecule has 0 fully saturated rings. The second-order valence-corrected chi connectivity index (χ2v) is 7.86. The maximum atomic E-state index is 12.4. The van der Waals surface area contributed by atoms with Gasteiger partial charge in [0.1, 0.15) is 0 Å². The molecule has 0 unspecified atom stereocenters. The Labute approximate surface area is 146 Å². The first kappa shape index (κ1) is 17.4. The third-order valence-corrected chi connectivity index (χ3v) is 5.77. The van der Waals surface area contributed by atoms with Gasteiger partial charge in [0.05, 0.1) is 4.90 Å². The van der Waals surface area contributed by atoms with E-state index >= 15 is 0 Å². The van der Waals surface area contributed by atoms with Crippen molar-refractivity contribution in [2.24, 2.45) is 0 Å². The third kappa shape index (κ3) is 3.81. The Bertz CT molecular complexity index is 1090. The summed E-state index contributed by atoms with van der Waals surface area (Å²) in [4.78, 5) is 15.3. The predicted octanol–water partition coefficient (Wildman–Crippen LogP) is 2.67. The molecule has 0 aliphatic rings. The quantitative estimate of drug-likeness (QED) is 0.738. The van der Waals surface area contributed by atoms with E-state index in [1.54, 1.807) is 31.2 Å². The molecule has 130 valence electrons. The lowest BCUT2D eigenvalue weighted by atomic mass is 10.1. The number of sulfonamides is 1. The minimum atomic E-state index is -3.58. The van der Waals surface area contributed by atoms with Gasteiger partial charge in [0.25, 0.3) is 5.56 Å². The van der Waals surface area contributed by atoms with E-state index in [9.17, 15) is 13.2 Å². The van der Waals surface area contributed by atoms with Gasteiger partial charge in [0.2, 0.25) is 10.0 Å². The molecule has 3 rings (SSSR count). The zero-order valence-electron chi connectivity index (χ0n) is 14.2. The SMILES string of the molecule is Cc1ccc2cc(CCNS(=O)(=O)c3ccccc3C)c(=O)[nH]c2c1. The van der Waals surface area contributed by atoms with E-state index in [1.165, 1.54) is 0 Å². The van der Waals surface area contributed by atoms with Crippen molar-refractivity contribution in [3.05, 3.63) is 75.6 Å². The molecule has 0 radical (unpaired) electrons. The average molecular weight is 356 g/mol. The van der Waals surface area contributed by atoms with Crippen LogP contribution in [0.4, 0.5) is 0 Å². The molecule has 2 N–H and O–H groups in total. The van der Waals surface area contributed by atoms with Gasteiger partial charge in [-0.15, -0.1) is 0 Å². The molecule has 2 aromatic carbocycles. The summed E-state index contributed by atoms with van der Waals surface area (Å²) >= 11 is 0. The average Bonchev–Trinajstić information content (AvgIpc) is 2.55. The molecule has 0 saturated carbocycles. The fourth-order valence-electron chi connectivity index (χ4n) is 2.80. The van der Waals surface area contributed by atoms with Gasteiger partial charge in [-0.2, -0.15) is 0 Å². The number of aromatic amines is 1. The van der Waals surface area contributed by atoms with Crippen molar-refractivity contribution >= 4 is 20.9 Å². The zero-order chi connectivity index (χ0) is 18.0. The Kier molecular flexibility index (Phi) is 4.74. The highest BCUT2D eigenvalue weighted by molar-refractivity contribution is 7.89. The molecular formula is C19H20N2O3S. The molecule has 5 nitrogen and oxygen atoms in total. The van der Waals surface area contributed by atoms with Crippen molar-refractivity contribution in [3.8, 4) is 0 Å². The van der Waals surface area contributed by atoms with Gasteiger partial charge in [-0.25, -0.2) is 13.1 Å². The van der Waals surface area contributed by atoms with Gasteiger partial charge in [-0.05, 0) is 55.0 Å².